The Hall–Kier alpha value is -6.23. The molecule has 3 heterocycles. The summed E-state index contributed by atoms with van der Waals surface area (Å²) in [6, 6.07) is 59.7. The average Bonchev–Trinajstić information content (AvgIpc) is 3.71. The van der Waals surface area contributed by atoms with E-state index >= 15 is 0 Å². The average molecular weight is 656 g/mol. The van der Waals surface area contributed by atoms with Crippen LogP contribution in [-0.4, -0.2) is 9.78 Å². The van der Waals surface area contributed by atoms with Gasteiger partial charge in [-0.3, -0.25) is 0 Å². The van der Waals surface area contributed by atoms with Crippen molar-refractivity contribution in [3.8, 4) is 33.5 Å². The van der Waals surface area contributed by atoms with E-state index in [-0.39, 0.29) is 0 Å². The van der Waals surface area contributed by atoms with Gasteiger partial charge in [-0.15, -0.1) is 11.3 Å². The quantitative estimate of drug-likeness (QED) is 0.188. The molecule has 0 aliphatic carbocycles. The van der Waals surface area contributed by atoms with Crippen molar-refractivity contribution in [1.29, 1.82) is 0 Å². The number of benzene rings is 8. The van der Waals surface area contributed by atoms with Crippen LogP contribution in [0.3, 0.4) is 0 Å². The zero-order valence-electron chi connectivity index (χ0n) is 27.0. The maximum Gasteiger partial charge on any atom is 0.117 e. The van der Waals surface area contributed by atoms with Gasteiger partial charge in [0.05, 0.1) is 21.8 Å². The molecule has 0 unspecified atom stereocenters. The van der Waals surface area contributed by atoms with Crippen LogP contribution in [0.15, 0.2) is 164 Å². The van der Waals surface area contributed by atoms with Crippen LogP contribution in [0.5, 0.6) is 0 Å². The maximum absolute atomic E-state index is 5.43. The third-order valence-corrected chi connectivity index (χ3v) is 11.6. The number of rotatable bonds is 4. The van der Waals surface area contributed by atoms with E-state index in [9.17, 15) is 0 Å². The van der Waals surface area contributed by atoms with Gasteiger partial charge >= 0.3 is 0 Å². The fraction of sp³-hybridized carbons (Fsp3) is 0.0217. The minimum Gasteiger partial charge on any atom is -0.320 e. The number of anilines is 2. The van der Waals surface area contributed by atoms with E-state index in [4.69, 9.17) is 5.10 Å². The van der Waals surface area contributed by atoms with Crippen molar-refractivity contribution in [2.45, 2.75) is 6.67 Å². The van der Waals surface area contributed by atoms with Gasteiger partial charge in [-0.2, -0.15) is 5.10 Å². The molecule has 0 bridgehead atoms. The van der Waals surface area contributed by atoms with E-state index in [0.717, 1.165) is 16.8 Å². The Morgan fingerprint density at radius 1 is 0.500 bits per heavy atom. The van der Waals surface area contributed by atoms with Crippen molar-refractivity contribution in [1.82, 2.24) is 9.78 Å². The zero-order valence-corrected chi connectivity index (χ0v) is 27.9. The van der Waals surface area contributed by atoms with Gasteiger partial charge in [0.25, 0.3) is 0 Å². The van der Waals surface area contributed by atoms with Crippen molar-refractivity contribution in [2.24, 2.45) is 0 Å². The molecule has 0 saturated heterocycles. The molecule has 50 heavy (non-hydrogen) atoms. The maximum atomic E-state index is 5.43. The van der Waals surface area contributed by atoms with Crippen molar-refractivity contribution in [2.75, 3.05) is 4.90 Å². The summed E-state index contributed by atoms with van der Waals surface area (Å²) in [5.41, 5.74) is 10.8. The molecule has 10 aromatic rings. The summed E-state index contributed by atoms with van der Waals surface area (Å²) in [5, 5.41) is 14.2. The van der Waals surface area contributed by atoms with E-state index in [2.05, 4.69) is 173 Å². The first-order chi connectivity index (χ1) is 24.8. The highest BCUT2D eigenvalue weighted by atomic mass is 32.1. The molecule has 0 fully saturated rings. The normalized spacial score (nSPS) is 12.4. The minimum atomic E-state index is 0.580. The molecule has 0 saturated carbocycles. The van der Waals surface area contributed by atoms with Crippen molar-refractivity contribution in [3.63, 3.8) is 0 Å². The Bertz CT molecular complexity index is 2960. The van der Waals surface area contributed by atoms with Crippen molar-refractivity contribution >= 4 is 75.3 Å². The molecule has 2 aromatic heterocycles. The van der Waals surface area contributed by atoms with E-state index in [1.54, 1.807) is 0 Å². The minimum absolute atomic E-state index is 0.580. The SMILES string of the molecule is c1ccc2cc(-c3ccc(-c4c5sc6ccccc6c5nn4CN4c5ccc6ccccc6c5-c5cccc6cccc4c56)cc3)ccc2c1. The number of hydrogen-bond donors (Lipinski definition) is 0. The number of fused-ring (bicyclic) bond motifs is 8. The Morgan fingerprint density at radius 2 is 1.18 bits per heavy atom. The fourth-order valence-corrected chi connectivity index (χ4v) is 9.30. The molecular weight excluding hydrogens is 627 g/mol. The summed E-state index contributed by atoms with van der Waals surface area (Å²) in [7, 11) is 0. The lowest BCUT2D eigenvalue weighted by atomic mass is 9.88. The van der Waals surface area contributed by atoms with Gasteiger partial charge < -0.3 is 4.90 Å². The van der Waals surface area contributed by atoms with Gasteiger partial charge in [0.2, 0.25) is 0 Å². The van der Waals surface area contributed by atoms with Crippen LogP contribution >= 0.6 is 11.3 Å². The van der Waals surface area contributed by atoms with Crippen molar-refractivity contribution in [3.05, 3.63) is 164 Å². The van der Waals surface area contributed by atoms with E-state index in [1.165, 1.54) is 80.7 Å². The summed E-state index contributed by atoms with van der Waals surface area (Å²) in [4.78, 5) is 2.47. The van der Waals surface area contributed by atoms with Crippen LogP contribution in [-0.2, 0) is 6.67 Å². The molecule has 1 aliphatic rings. The highest BCUT2D eigenvalue weighted by Crippen LogP contribution is 2.51. The van der Waals surface area contributed by atoms with Crippen LogP contribution in [0.1, 0.15) is 0 Å². The zero-order chi connectivity index (χ0) is 32.8. The molecular formula is C46H29N3S. The Kier molecular flexibility index (Phi) is 5.89. The summed E-state index contributed by atoms with van der Waals surface area (Å²) >= 11 is 1.84. The molecule has 4 heteroatoms. The molecule has 0 N–H and O–H groups in total. The molecule has 11 rings (SSSR count). The van der Waals surface area contributed by atoms with Gasteiger partial charge in [-0.05, 0) is 67.9 Å². The van der Waals surface area contributed by atoms with Crippen LogP contribution in [0, 0.1) is 0 Å². The van der Waals surface area contributed by atoms with Gasteiger partial charge in [0, 0.05) is 26.6 Å². The Balaban J connectivity index is 1.11. The molecule has 3 nitrogen and oxygen atoms in total. The highest BCUT2D eigenvalue weighted by Gasteiger charge is 2.28. The van der Waals surface area contributed by atoms with Crippen LogP contribution in [0.4, 0.5) is 11.4 Å². The lowest BCUT2D eigenvalue weighted by molar-refractivity contribution is 0.638. The van der Waals surface area contributed by atoms with Gasteiger partial charge in [-0.1, -0.05) is 140 Å². The topological polar surface area (TPSA) is 21.1 Å². The predicted molar refractivity (Wildman–Crippen MR) is 213 cm³/mol. The molecule has 0 spiro atoms. The van der Waals surface area contributed by atoms with E-state index in [0.29, 0.717) is 6.67 Å². The summed E-state index contributed by atoms with van der Waals surface area (Å²) in [6.45, 7) is 0.580. The van der Waals surface area contributed by atoms with Gasteiger partial charge in [0.15, 0.2) is 0 Å². The van der Waals surface area contributed by atoms with Gasteiger partial charge in [0.1, 0.15) is 12.2 Å². The number of hydrogen-bond acceptors (Lipinski definition) is 3. The van der Waals surface area contributed by atoms with Crippen molar-refractivity contribution < 1.29 is 0 Å². The first kappa shape index (κ1) is 27.7. The lowest BCUT2D eigenvalue weighted by Gasteiger charge is -2.34. The third-order valence-electron chi connectivity index (χ3n) is 10.4. The second-order valence-corrected chi connectivity index (χ2v) is 14.2. The van der Waals surface area contributed by atoms with Crippen LogP contribution in [0.25, 0.3) is 86.1 Å². The van der Waals surface area contributed by atoms with Gasteiger partial charge in [-0.25, -0.2) is 4.68 Å². The number of nitrogens with zero attached hydrogens (tertiary/aromatic N) is 3. The molecule has 234 valence electrons. The lowest BCUT2D eigenvalue weighted by Crippen LogP contribution is -2.25. The molecule has 0 radical (unpaired) electrons. The first-order valence-corrected chi connectivity index (χ1v) is 17.9. The molecule has 0 amide bonds. The summed E-state index contributed by atoms with van der Waals surface area (Å²) < 4.78 is 4.73. The molecule has 0 atom stereocenters. The van der Waals surface area contributed by atoms with E-state index in [1.807, 2.05) is 11.3 Å². The van der Waals surface area contributed by atoms with Crippen LogP contribution in [0.2, 0.25) is 0 Å². The third kappa shape index (κ3) is 4.06. The summed E-state index contributed by atoms with van der Waals surface area (Å²) in [6.07, 6.45) is 0. The number of thiophene rings is 1. The highest BCUT2D eigenvalue weighted by molar-refractivity contribution is 7.26. The van der Waals surface area contributed by atoms with Crippen LogP contribution < -0.4 is 4.90 Å². The second-order valence-electron chi connectivity index (χ2n) is 13.2. The second kappa shape index (κ2) is 10.6. The standard InChI is InChI=1S/C46H29N3S/c1-2-11-34-27-35(24-21-29(34)9-1)30-19-22-33(23-20-30)45-46-44(37-15-5-6-18-41(37)50-46)47-49(45)28-48-39-17-8-13-32-12-7-16-38(42(32)39)43-36-14-4-3-10-31(36)25-26-40(43)48/h1-27H,28H2. The largest absolute Gasteiger partial charge is 0.320 e. The monoisotopic (exact) mass is 655 g/mol. The Morgan fingerprint density at radius 3 is 2.06 bits per heavy atom. The fourth-order valence-electron chi connectivity index (χ4n) is 8.09. The number of aromatic nitrogens is 2. The Labute approximate surface area is 292 Å². The molecule has 1 aliphatic heterocycles. The predicted octanol–water partition coefficient (Wildman–Crippen LogP) is 12.8. The van der Waals surface area contributed by atoms with E-state index < -0.39 is 0 Å². The summed E-state index contributed by atoms with van der Waals surface area (Å²) in [5.74, 6) is 0. The first-order valence-electron chi connectivity index (χ1n) is 17.1. The molecule has 8 aromatic carbocycles. The smallest absolute Gasteiger partial charge is 0.117 e.